The molecule has 2 aromatic carbocycles. The van der Waals surface area contributed by atoms with Gasteiger partial charge in [-0.3, -0.25) is 9.59 Å². The third-order valence-corrected chi connectivity index (χ3v) is 4.35. The van der Waals surface area contributed by atoms with Crippen molar-refractivity contribution in [3.63, 3.8) is 0 Å². The molecule has 0 fully saturated rings. The highest BCUT2D eigenvalue weighted by Crippen LogP contribution is 2.16. The van der Waals surface area contributed by atoms with Crippen molar-refractivity contribution in [2.45, 2.75) is 13.5 Å². The van der Waals surface area contributed by atoms with E-state index in [2.05, 4.69) is 25.7 Å². The molecule has 0 atom stereocenters. The quantitative estimate of drug-likeness (QED) is 0.549. The van der Waals surface area contributed by atoms with Crippen molar-refractivity contribution < 1.29 is 9.59 Å². The van der Waals surface area contributed by atoms with Crippen LogP contribution in [0, 0.1) is 6.92 Å². The summed E-state index contributed by atoms with van der Waals surface area (Å²) in [6.45, 7) is 2.23. The van der Waals surface area contributed by atoms with E-state index in [1.165, 1.54) is 4.52 Å². The molecule has 0 unspecified atom stereocenters. The third-order valence-electron chi connectivity index (χ3n) is 4.35. The second-order valence-corrected chi connectivity index (χ2v) is 6.40. The SMILES string of the molecule is Cc1ccnc2nc(C(=O)Nc3ccccc3C(=O)NCc3ccccc3)nn12. The molecule has 2 amide bonds. The lowest BCUT2D eigenvalue weighted by Crippen LogP contribution is -2.25. The number of nitrogens with one attached hydrogen (secondary N) is 2. The molecule has 0 spiro atoms. The van der Waals surface area contributed by atoms with Gasteiger partial charge in [0.25, 0.3) is 17.6 Å². The molecule has 0 aliphatic heterocycles. The summed E-state index contributed by atoms with van der Waals surface area (Å²) in [6.07, 6.45) is 1.60. The highest BCUT2D eigenvalue weighted by atomic mass is 16.2. The molecule has 8 heteroatoms. The zero-order valence-corrected chi connectivity index (χ0v) is 15.7. The number of anilines is 1. The van der Waals surface area contributed by atoms with Crippen LogP contribution in [0.5, 0.6) is 0 Å². The number of rotatable bonds is 5. The van der Waals surface area contributed by atoms with Crippen LogP contribution in [0.4, 0.5) is 5.69 Å². The Labute approximate surface area is 166 Å². The van der Waals surface area contributed by atoms with E-state index in [9.17, 15) is 9.59 Å². The topological polar surface area (TPSA) is 101 Å². The smallest absolute Gasteiger partial charge is 0.295 e. The largest absolute Gasteiger partial charge is 0.348 e. The fraction of sp³-hybridized carbons (Fsp3) is 0.0952. The number of aromatic nitrogens is 4. The van der Waals surface area contributed by atoms with E-state index in [1.807, 2.05) is 37.3 Å². The molecule has 29 heavy (non-hydrogen) atoms. The Bertz CT molecular complexity index is 1190. The Morgan fingerprint density at radius 1 is 0.966 bits per heavy atom. The Morgan fingerprint density at radius 2 is 1.72 bits per heavy atom. The number of aryl methyl sites for hydroxylation is 1. The van der Waals surface area contributed by atoms with Gasteiger partial charge < -0.3 is 10.6 Å². The van der Waals surface area contributed by atoms with Gasteiger partial charge in [-0.2, -0.15) is 4.98 Å². The molecule has 0 saturated heterocycles. The number of carbonyl (C=O) groups excluding carboxylic acids is 2. The lowest BCUT2D eigenvalue weighted by atomic mass is 10.1. The van der Waals surface area contributed by atoms with Crippen LogP contribution in [0.3, 0.4) is 0 Å². The van der Waals surface area contributed by atoms with Crippen LogP contribution in [0.1, 0.15) is 32.2 Å². The minimum atomic E-state index is -0.516. The van der Waals surface area contributed by atoms with Crippen LogP contribution >= 0.6 is 0 Å². The summed E-state index contributed by atoms with van der Waals surface area (Å²) >= 11 is 0. The van der Waals surface area contributed by atoms with E-state index in [-0.39, 0.29) is 11.7 Å². The van der Waals surface area contributed by atoms with Gasteiger partial charge in [-0.15, -0.1) is 5.10 Å². The van der Waals surface area contributed by atoms with E-state index in [0.29, 0.717) is 23.6 Å². The van der Waals surface area contributed by atoms with Crippen molar-refractivity contribution in [1.82, 2.24) is 24.9 Å². The molecular weight excluding hydrogens is 368 g/mol. The van der Waals surface area contributed by atoms with Crippen molar-refractivity contribution in [1.29, 1.82) is 0 Å². The Kier molecular flexibility index (Phi) is 4.98. The molecule has 2 heterocycles. The summed E-state index contributed by atoms with van der Waals surface area (Å²) in [5, 5.41) is 9.77. The summed E-state index contributed by atoms with van der Waals surface area (Å²) in [5.41, 5.74) is 2.53. The number of carbonyl (C=O) groups is 2. The molecule has 4 aromatic rings. The van der Waals surface area contributed by atoms with Gasteiger partial charge in [0.15, 0.2) is 0 Å². The van der Waals surface area contributed by atoms with Crippen LogP contribution in [0.25, 0.3) is 5.78 Å². The predicted molar refractivity (Wildman–Crippen MR) is 108 cm³/mol. The fourth-order valence-corrected chi connectivity index (χ4v) is 2.84. The second kappa shape index (κ2) is 7.89. The molecule has 0 aliphatic carbocycles. The number of benzene rings is 2. The van der Waals surface area contributed by atoms with Crippen LogP contribution in [-0.4, -0.2) is 31.4 Å². The number of fused-ring (bicyclic) bond motifs is 1. The number of nitrogens with zero attached hydrogens (tertiary/aromatic N) is 4. The highest BCUT2D eigenvalue weighted by Gasteiger charge is 2.18. The molecule has 0 aliphatic rings. The van der Waals surface area contributed by atoms with E-state index < -0.39 is 5.91 Å². The summed E-state index contributed by atoms with van der Waals surface area (Å²) in [5.74, 6) is -0.487. The average Bonchev–Trinajstić information content (AvgIpc) is 3.19. The van der Waals surface area contributed by atoms with E-state index in [4.69, 9.17) is 0 Å². The first-order valence-electron chi connectivity index (χ1n) is 9.03. The summed E-state index contributed by atoms with van der Waals surface area (Å²) < 4.78 is 1.49. The third kappa shape index (κ3) is 3.96. The number of para-hydroxylation sites is 1. The average molecular weight is 386 g/mol. The molecule has 0 radical (unpaired) electrons. The summed E-state index contributed by atoms with van der Waals surface area (Å²) in [4.78, 5) is 33.5. The zero-order chi connectivity index (χ0) is 20.2. The van der Waals surface area contributed by atoms with E-state index in [1.54, 1.807) is 36.5 Å². The minimum absolute atomic E-state index is 0.0219. The van der Waals surface area contributed by atoms with Gasteiger partial charge in [0.2, 0.25) is 5.82 Å². The first-order chi connectivity index (χ1) is 14.1. The first-order valence-corrected chi connectivity index (χ1v) is 9.03. The number of hydrogen-bond acceptors (Lipinski definition) is 5. The van der Waals surface area contributed by atoms with E-state index in [0.717, 1.165) is 11.3 Å². The van der Waals surface area contributed by atoms with E-state index >= 15 is 0 Å². The Morgan fingerprint density at radius 3 is 2.52 bits per heavy atom. The molecule has 144 valence electrons. The molecule has 8 nitrogen and oxygen atoms in total. The predicted octanol–water partition coefficient (Wildman–Crippen LogP) is 2.62. The Balaban J connectivity index is 1.52. The number of hydrogen-bond donors (Lipinski definition) is 2. The maximum Gasteiger partial charge on any atom is 0.295 e. The lowest BCUT2D eigenvalue weighted by molar-refractivity contribution is 0.0952. The van der Waals surface area contributed by atoms with Crippen molar-refractivity contribution in [2.24, 2.45) is 0 Å². The zero-order valence-electron chi connectivity index (χ0n) is 15.7. The molecule has 4 rings (SSSR count). The van der Waals surface area contributed by atoms with Gasteiger partial charge >= 0.3 is 0 Å². The van der Waals surface area contributed by atoms with Gasteiger partial charge in [0, 0.05) is 18.4 Å². The van der Waals surface area contributed by atoms with Crippen LogP contribution in [0.2, 0.25) is 0 Å². The summed E-state index contributed by atoms with van der Waals surface area (Å²) in [7, 11) is 0. The molecule has 0 saturated carbocycles. The second-order valence-electron chi connectivity index (χ2n) is 6.40. The molecule has 2 N–H and O–H groups in total. The van der Waals surface area contributed by atoms with Crippen molar-refractivity contribution in [3.05, 3.63) is 89.5 Å². The highest BCUT2D eigenvalue weighted by molar-refractivity contribution is 6.07. The first kappa shape index (κ1) is 18.3. The van der Waals surface area contributed by atoms with Gasteiger partial charge in [0.1, 0.15) is 0 Å². The lowest BCUT2D eigenvalue weighted by Gasteiger charge is -2.10. The van der Waals surface area contributed by atoms with Gasteiger partial charge in [-0.1, -0.05) is 42.5 Å². The van der Waals surface area contributed by atoms with Gasteiger partial charge in [-0.05, 0) is 30.7 Å². The summed E-state index contributed by atoms with van der Waals surface area (Å²) in [6, 6.07) is 18.2. The van der Waals surface area contributed by atoms with Crippen molar-refractivity contribution in [2.75, 3.05) is 5.32 Å². The maximum atomic E-state index is 12.6. The molecular formula is C21H18N6O2. The van der Waals surface area contributed by atoms with Crippen molar-refractivity contribution in [3.8, 4) is 0 Å². The Hall–Kier alpha value is -4.07. The minimum Gasteiger partial charge on any atom is -0.348 e. The molecule has 2 aromatic heterocycles. The molecule has 0 bridgehead atoms. The van der Waals surface area contributed by atoms with Gasteiger partial charge in [0.05, 0.1) is 11.3 Å². The monoisotopic (exact) mass is 386 g/mol. The normalized spacial score (nSPS) is 10.7. The number of amides is 2. The van der Waals surface area contributed by atoms with Crippen LogP contribution in [0.15, 0.2) is 66.9 Å². The van der Waals surface area contributed by atoms with Crippen LogP contribution in [-0.2, 0) is 6.54 Å². The van der Waals surface area contributed by atoms with Gasteiger partial charge in [-0.25, -0.2) is 9.50 Å². The van der Waals surface area contributed by atoms with Crippen LogP contribution < -0.4 is 10.6 Å². The standard InChI is InChI=1S/C21H18N6O2/c1-14-11-12-22-21-25-18(26-27(14)21)20(29)24-17-10-6-5-9-16(17)19(28)23-13-15-7-3-2-4-8-15/h2-12H,13H2,1H3,(H,23,28)(H,24,29). The maximum absolute atomic E-state index is 12.6. The van der Waals surface area contributed by atoms with Crippen molar-refractivity contribution >= 4 is 23.3 Å². The fourth-order valence-electron chi connectivity index (χ4n) is 2.84.